The Morgan fingerprint density at radius 2 is 1.64 bits per heavy atom. The number of methoxy groups -OCH3 is 2. The summed E-state index contributed by atoms with van der Waals surface area (Å²) in [4.78, 5) is 0. The van der Waals surface area contributed by atoms with E-state index < -0.39 is 0 Å². The summed E-state index contributed by atoms with van der Waals surface area (Å²) in [5.41, 5.74) is 6.31. The van der Waals surface area contributed by atoms with Crippen LogP contribution in [0.25, 0.3) is 0 Å². The number of phenols is 1. The van der Waals surface area contributed by atoms with Crippen molar-refractivity contribution in [2.24, 2.45) is 5.73 Å². The summed E-state index contributed by atoms with van der Waals surface area (Å²) in [5.74, 6) is 0.752. The Labute approximate surface area is 100 Å². The number of rotatable bonds is 3. The monoisotopic (exact) mass is 311 g/mol. The van der Waals surface area contributed by atoms with Gasteiger partial charge in [-0.05, 0) is 17.7 Å². The summed E-state index contributed by atoms with van der Waals surface area (Å²) < 4.78 is 9.89. The van der Waals surface area contributed by atoms with Gasteiger partial charge in [0.25, 0.3) is 0 Å². The van der Waals surface area contributed by atoms with Crippen LogP contribution in [0.2, 0.25) is 0 Å². The first kappa shape index (κ1) is 13.3. The molecule has 1 rings (SSSR count). The SMILES string of the molecule is COc1cc(CN)cc(OC)c1O.I. The Kier molecular flexibility index (Phi) is 5.63. The Morgan fingerprint density at radius 3 is 1.93 bits per heavy atom. The van der Waals surface area contributed by atoms with Crippen molar-refractivity contribution in [1.82, 2.24) is 0 Å². The summed E-state index contributed by atoms with van der Waals surface area (Å²) in [7, 11) is 2.96. The fraction of sp³-hybridized carbons (Fsp3) is 0.333. The second kappa shape index (κ2) is 5.92. The standard InChI is InChI=1S/C9H13NO3.HI/c1-12-7-3-6(5-10)4-8(13-2)9(7)11;/h3-4,11H,5,10H2,1-2H3;1H. The van der Waals surface area contributed by atoms with E-state index >= 15 is 0 Å². The van der Waals surface area contributed by atoms with Gasteiger partial charge in [0.1, 0.15) is 0 Å². The maximum Gasteiger partial charge on any atom is 0.200 e. The summed E-state index contributed by atoms with van der Waals surface area (Å²) in [5, 5.41) is 9.52. The lowest BCUT2D eigenvalue weighted by molar-refractivity contribution is 0.339. The van der Waals surface area contributed by atoms with Crippen LogP contribution in [0.5, 0.6) is 17.2 Å². The molecule has 0 bridgehead atoms. The van der Waals surface area contributed by atoms with E-state index in [0.29, 0.717) is 18.0 Å². The predicted octanol–water partition coefficient (Wildman–Crippen LogP) is 1.49. The molecule has 14 heavy (non-hydrogen) atoms. The number of benzene rings is 1. The molecule has 0 unspecified atom stereocenters. The van der Waals surface area contributed by atoms with Crippen molar-refractivity contribution in [2.45, 2.75) is 6.54 Å². The molecule has 0 aliphatic heterocycles. The summed E-state index contributed by atoms with van der Waals surface area (Å²) >= 11 is 0. The number of aromatic hydroxyl groups is 1. The van der Waals surface area contributed by atoms with Crippen LogP contribution in [0.3, 0.4) is 0 Å². The number of hydrogen-bond acceptors (Lipinski definition) is 4. The molecule has 0 fully saturated rings. The molecule has 0 heterocycles. The van der Waals surface area contributed by atoms with Crippen molar-refractivity contribution >= 4 is 24.0 Å². The van der Waals surface area contributed by atoms with Crippen LogP contribution in [-0.2, 0) is 6.54 Å². The zero-order valence-electron chi connectivity index (χ0n) is 8.11. The zero-order chi connectivity index (χ0) is 9.84. The third-order valence-corrected chi connectivity index (χ3v) is 1.78. The van der Waals surface area contributed by atoms with Crippen LogP contribution in [0, 0.1) is 0 Å². The van der Waals surface area contributed by atoms with E-state index in [9.17, 15) is 5.11 Å². The third kappa shape index (κ3) is 2.65. The van der Waals surface area contributed by atoms with Gasteiger partial charge >= 0.3 is 0 Å². The normalized spacial score (nSPS) is 9.07. The molecule has 0 aromatic heterocycles. The number of ether oxygens (including phenoxy) is 2. The van der Waals surface area contributed by atoms with Gasteiger partial charge in [-0.3, -0.25) is 0 Å². The van der Waals surface area contributed by atoms with E-state index in [4.69, 9.17) is 15.2 Å². The predicted molar refractivity (Wildman–Crippen MR) is 64.5 cm³/mol. The molecule has 0 amide bonds. The highest BCUT2D eigenvalue weighted by molar-refractivity contribution is 14.0. The molecular weight excluding hydrogens is 297 g/mol. The molecule has 80 valence electrons. The van der Waals surface area contributed by atoms with Crippen LogP contribution >= 0.6 is 24.0 Å². The van der Waals surface area contributed by atoms with Crippen molar-refractivity contribution in [3.8, 4) is 17.2 Å². The highest BCUT2D eigenvalue weighted by atomic mass is 127. The van der Waals surface area contributed by atoms with Crippen LogP contribution in [0.15, 0.2) is 12.1 Å². The van der Waals surface area contributed by atoms with E-state index in [0.717, 1.165) is 5.56 Å². The molecule has 5 heteroatoms. The van der Waals surface area contributed by atoms with Crippen LogP contribution in [0.1, 0.15) is 5.56 Å². The minimum Gasteiger partial charge on any atom is -0.502 e. The fourth-order valence-corrected chi connectivity index (χ4v) is 1.07. The number of halogens is 1. The lowest BCUT2D eigenvalue weighted by Gasteiger charge is -2.09. The van der Waals surface area contributed by atoms with Crippen molar-refractivity contribution in [3.05, 3.63) is 17.7 Å². The molecule has 0 atom stereocenters. The summed E-state index contributed by atoms with van der Waals surface area (Å²) in [6.45, 7) is 0.382. The molecule has 0 spiro atoms. The van der Waals surface area contributed by atoms with Gasteiger partial charge in [-0.2, -0.15) is 0 Å². The van der Waals surface area contributed by atoms with E-state index in [-0.39, 0.29) is 29.7 Å². The van der Waals surface area contributed by atoms with Gasteiger partial charge in [-0.15, -0.1) is 24.0 Å². The van der Waals surface area contributed by atoms with Gasteiger partial charge in [0, 0.05) is 6.54 Å². The molecule has 0 radical (unpaired) electrons. The lowest BCUT2D eigenvalue weighted by Crippen LogP contribution is -1.98. The van der Waals surface area contributed by atoms with E-state index in [2.05, 4.69) is 0 Å². The quantitative estimate of drug-likeness (QED) is 0.830. The third-order valence-electron chi connectivity index (χ3n) is 1.78. The first-order chi connectivity index (χ1) is 6.22. The van der Waals surface area contributed by atoms with E-state index in [1.807, 2.05) is 0 Å². The average Bonchev–Trinajstić information content (AvgIpc) is 2.18. The van der Waals surface area contributed by atoms with Gasteiger partial charge in [0.05, 0.1) is 14.2 Å². The minimum atomic E-state index is 0. The van der Waals surface area contributed by atoms with Gasteiger partial charge < -0.3 is 20.3 Å². The Morgan fingerprint density at radius 1 is 1.21 bits per heavy atom. The molecule has 0 saturated carbocycles. The maximum absolute atomic E-state index is 9.52. The van der Waals surface area contributed by atoms with Crippen LogP contribution < -0.4 is 15.2 Å². The molecule has 0 aliphatic rings. The maximum atomic E-state index is 9.52. The summed E-state index contributed by atoms with van der Waals surface area (Å²) in [6, 6.07) is 3.36. The van der Waals surface area contributed by atoms with Crippen LogP contribution in [-0.4, -0.2) is 19.3 Å². The molecule has 1 aromatic carbocycles. The number of nitrogens with two attached hydrogens (primary N) is 1. The van der Waals surface area contributed by atoms with Crippen molar-refractivity contribution in [2.75, 3.05) is 14.2 Å². The largest absolute Gasteiger partial charge is 0.502 e. The zero-order valence-corrected chi connectivity index (χ0v) is 10.4. The molecule has 3 N–H and O–H groups in total. The Hall–Kier alpha value is -0.690. The van der Waals surface area contributed by atoms with Gasteiger partial charge in [0.2, 0.25) is 5.75 Å². The minimum absolute atomic E-state index is 0. The summed E-state index contributed by atoms with van der Waals surface area (Å²) in [6.07, 6.45) is 0. The van der Waals surface area contributed by atoms with Crippen molar-refractivity contribution in [3.63, 3.8) is 0 Å². The van der Waals surface area contributed by atoms with Gasteiger partial charge in [0.15, 0.2) is 11.5 Å². The van der Waals surface area contributed by atoms with Crippen molar-refractivity contribution < 1.29 is 14.6 Å². The first-order valence-electron chi connectivity index (χ1n) is 3.86. The highest BCUT2D eigenvalue weighted by Gasteiger charge is 2.09. The van der Waals surface area contributed by atoms with Gasteiger partial charge in [-0.25, -0.2) is 0 Å². The second-order valence-electron chi connectivity index (χ2n) is 2.55. The van der Waals surface area contributed by atoms with Gasteiger partial charge in [-0.1, -0.05) is 0 Å². The average molecular weight is 311 g/mol. The number of phenolic OH excluding ortho intramolecular Hbond substituents is 1. The van der Waals surface area contributed by atoms with E-state index in [1.54, 1.807) is 12.1 Å². The Bertz CT molecular complexity index is 279. The Balaban J connectivity index is 0.00000169. The van der Waals surface area contributed by atoms with E-state index in [1.165, 1.54) is 14.2 Å². The number of hydrogen-bond donors (Lipinski definition) is 2. The molecule has 4 nitrogen and oxygen atoms in total. The molecule has 1 aromatic rings. The second-order valence-corrected chi connectivity index (χ2v) is 2.55. The topological polar surface area (TPSA) is 64.7 Å². The van der Waals surface area contributed by atoms with Crippen LogP contribution in [0.4, 0.5) is 0 Å². The first-order valence-corrected chi connectivity index (χ1v) is 3.86. The molecular formula is C9H14INO3. The highest BCUT2D eigenvalue weighted by Crippen LogP contribution is 2.36. The fourth-order valence-electron chi connectivity index (χ4n) is 1.07. The molecule has 0 aliphatic carbocycles. The molecule has 0 saturated heterocycles. The lowest BCUT2D eigenvalue weighted by atomic mass is 10.2. The smallest absolute Gasteiger partial charge is 0.200 e. The van der Waals surface area contributed by atoms with Crippen molar-refractivity contribution in [1.29, 1.82) is 0 Å².